The minimum Gasteiger partial charge on any atom is -0.314 e. The lowest BCUT2D eigenvalue weighted by molar-refractivity contribution is 0.640. The molecule has 0 N–H and O–H groups in total. The Morgan fingerprint density at radius 1 is 1.31 bits per heavy atom. The van der Waals surface area contributed by atoms with Gasteiger partial charge in [-0.05, 0) is 0 Å². The molecule has 0 amide bonds. The van der Waals surface area contributed by atoms with E-state index >= 15 is 0 Å². The van der Waals surface area contributed by atoms with Crippen LogP contribution in [0.2, 0.25) is 0 Å². The van der Waals surface area contributed by atoms with E-state index in [1.54, 1.807) is 0 Å². The van der Waals surface area contributed by atoms with E-state index in [0.29, 0.717) is 5.92 Å². The molecule has 0 aliphatic carbocycles. The maximum Gasteiger partial charge on any atom is 0.135 e. The molecule has 1 aliphatic rings. The SMILES string of the molecule is CC(C)c1nnc2n1CCSCC2. The summed E-state index contributed by atoms with van der Waals surface area (Å²) >= 11 is 2.01. The summed E-state index contributed by atoms with van der Waals surface area (Å²) in [5.74, 6) is 5.21. The van der Waals surface area contributed by atoms with Gasteiger partial charge in [-0.2, -0.15) is 11.8 Å². The molecule has 0 fully saturated rings. The van der Waals surface area contributed by atoms with E-state index in [1.807, 2.05) is 11.8 Å². The Hall–Kier alpha value is -0.510. The van der Waals surface area contributed by atoms with Crippen LogP contribution >= 0.6 is 11.8 Å². The third-order valence-corrected chi connectivity index (χ3v) is 3.27. The highest BCUT2D eigenvalue weighted by Crippen LogP contribution is 2.18. The molecule has 72 valence electrons. The number of hydrogen-bond acceptors (Lipinski definition) is 3. The second-order valence-electron chi connectivity index (χ2n) is 3.64. The molecule has 0 saturated heterocycles. The third-order valence-electron chi connectivity index (χ3n) is 2.30. The highest BCUT2D eigenvalue weighted by molar-refractivity contribution is 7.99. The van der Waals surface area contributed by atoms with Gasteiger partial charge in [-0.3, -0.25) is 0 Å². The van der Waals surface area contributed by atoms with E-state index in [1.165, 1.54) is 17.3 Å². The van der Waals surface area contributed by atoms with Gasteiger partial charge < -0.3 is 4.57 Å². The lowest BCUT2D eigenvalue weighted by Crippen LogP contribution is -2.08. The van der Waals surface area contributed by atoms with Crippen molar-refractivity contribution in [1.29, 1.82) is 0 Å². The number of fused-ring (bicyclic) bond motifs is 1. The highest BCUT2D eigenvalue weighted by Gasteiger charge is 2.16. The molecule has 0 atom stereocenters. The van der Waals surface area contributed by atoms with Crippen LogP contribution in [0, 0.1) is 0 Å². The van der Waals surface area contributed by atoms with Crippen LogP contribution in [0.4, 0.5) is 0 Å². The second-order valence-corrected chi connectivity index (χ2v) is 4.87. The molecule has 0 radical (unpaired) electrons. The summed E-state index contributed by atoms with van der Waals surface area (Å²) in [6.07, 6.45) is 1.07. The van der Waals surface area contributed by atoms with Crippen molar-refractivity contribution in [2.45, 2.75) is 32.7 Å². The first-order valence-electron chi connectivity index (χ1n) is 4.78. The zero-order valence-corrected chi connectivity index (χ0v) is 8.97. The van der Waals surface area contributed by atoms with Crippen LogP contribution < -0.4 is 0 Å². The van der Waals surface area contributed by atoms with Crippen LogP contribution in [0.3, 0.4) is 0 Å². The van der Waals surface area contributed by atoms with Crippen molar-refractivity contribution in [2.24, 2.45) is 0 Å². The summed E-state index contributed by atoms with van der Waals surface area (Å²) in [7, 11) is 0. The molecular weight excluding hydrogens is 182 g/mol. The maximum absolute atomic E-state index is 4.24. The fraction of sp³-hybridized carbons (Fsp3) is 0.778. The zero-order chi connectivity index (χ0) is 9.26. The third kappa shape index (κ3) is 1.73. The number of thioether (sulfide) groups is 1. The topological polar surface area (TPSA) is 30.7 Å². The Balaban J connectivity index is 2.34. The minimum absolute atomic E-state index is 0.490. The van der Waals surface area contributed by atoms with Gasteiger partial charge in [0.15, 0.2) is 0 Å². The lowest BCUT2D eigenvalue weighted by Gasteiger charge is -2.08. The molecule has 4 heteroatoms. The summed E-state index contributed by atoms with van der Waals surface area (Å²) < 4.78 is 2.30. The molecule has 13 heavy (non-hydrogen) atoms. The number of aromatic nitrogens is 3. The van der Waals surface area contributed by atoms with Crippen molar-refractivity contribution < 1.29 is 0 Å². The van der Waals surface area contributed by atoms with Crippen molar-refractivity contribution in [1.82, 2.24) is 14.8 Å². The van der Waals surface area contributed by atoms with Crippen molar-refractivity contribution in [3.63, 3.8) is 0 Å². The number of aryl methyl sites for hydroxylation is 1. The van der Waals surface area contributed by atoms with E-state index in [-0.39, 0.29) is 0 Å². The normalized spacial score (nSPS) is 17.2. The Bertz CT molecular complexity index is 293. The highest BCUT2D eigenvalue weighted by atomic mass is 32.2. The molecule has 0 saturated carbocycles. The number of hydrogen-bond donors (Lipinski definition) is 0. The van der Waals surface area contributed by atoms with Gasteiger partial charge in [0.25, 0.3) is 0 Å². The number of rotatable bonds is 1. The predicted molar refractivity (Wildman–Crippen MR) is 55.1 cm³/mol. The van der Waals surface area contributed by atoms with Crippen molar-refractivity contribution in [2.75, 3.05) is 11.5 Å². The summed E-state index contributed by atoms with van der Waals surface area (Å²) in [6.45, 7) is 5.44. The van der Waals surface area contributed by atoms with Gasteiger partial charge in [0.2, 0.25) is 0 Å². The van der Waals surface area contributed by atoms with Crippen LogP contribution in [0.1, 0.15) is 31.4 Å². The summed E-state index contributed by atoms with van der Waals surface area (Å²) in [4.78, 5) is 0. The lowest BCUT2D eigenvalue weighted by atomic mass is 10.2. The van der Waals surface area contributed by atoms with Crippen molar-refractivity contribution in [3.05, 3.63) is 11.6 Å². The fourth-order valence-electron chi connectivity index (χ4n) is 1.63. The summed E-state index contributed by atoms with van der Waals surface area (Å²) in [5.41, 5.74) is 0. The smallest absolute Gasteiger partial charge is 0.135 e. The molecule has 1 aromatic rings. The molecule has 2 rings (SSSR count). The minimum atomic E-state index is 0.490. The summed E-state index contributed by atoms with van der Waals surface area (Å²) in [6, 6.07) is 0. The summed E-state index contributed by atoms with van der Waals surface area (Å²) in [5, 5.41) is 8.48. The first-order chi connectivity index (χ1) is 6.29. The molecule has 0 unspecified atom stereocenters. The molecule has 0 spiro atoms. The maximum atomic E-state index is 4.24. The van der Waals surface area contributed by atoms with Gasteiger partial charge >= 0.3 is 0 Å². The van der Waals surface area contributed by atoms with Gasteiger partial charge in [0.1, 0.15) is 11.6 Å². The van der Waals surface area contributed by atoms with Gasteiger partial charge in [0.05, 0.1) is 0 Å². The standard InChI is InChI=1S/C9H15N3S/c1-7(2)9-11-10-8-3-5-13-6-4-12(8)9/h7H,3-6H2,1-2H3. The Morgan fingerprint density at radius 2 is 2.15 bits per heavy atom. The van der Waals surface area contributed by atoms with Crippen LogP contribution in [-0.2, 0) is 13.0 Å². The second kappa shape index (κ2) is 3.70. The van der Waals surface area contributed by atoms with E-state index in [0.717, 1.165) is 18.8 Å². The molecule has 3 nitrogen and oxygen atoms in total. The van der Waals surface area contributed by atoms with E-state index in [4.69, 9.17) is 0 Å². The average Bonchev–Trinajstić information content (AvgIpc) is 2.36. The van der Waals surface area contributed by atoms with Gasteiger partial charge in [-0.15, -0.1) is 10.2 Å². The largest absolute Gasteiger partial charge is 0.314 e. The Labute approximate surface area is 82.9 Å². The first kappa shape index (κ1) is 9.06. The van der Waals surface area contributed by atoms with Crippen LogP contribution in [0.15, 0.2) is 0 Å². The molecular formula is C9H15N3S. The molecule has 1 aliphatic heterocycles. The van der Waals surface area contributed by atoms with E-state index in [9.17, 15) is 0 Å². The van der Waals surface area contributed by atoms with Crippen LogP contribution in [0.5, 0.6) is 0 Å². The Morgan fingerprint density at radius 3 is 2.92 bits per heavy atom. The predicted octanol–water partition coefficient (Wildman–Crippen LogP) is 1.69. The van der Waals surface area contributed by atoms with E-state index in [2.05, 4.69) is 28.6 Å². The van der Waals surface area contributed by atoms with Crippen molar-refractivity contribution in [3.8, 4) is 0 Å². The van der Waals surface area contributed by atoms with Gasteiger partial charge in [-0.1, -0.05) is 13.8 Å². The van der Waals surface area contributed by atoms with Crippen LogP contribution in [-0.4, -0.2) is 26.3 Å². The molecule has 1 aromatic heterocycles. The van der Waals surface area contributed by atoms with Crippen molar-refractivity contribution >= 4 is 11.8 Å². The average molecular weight is 197 g/mol. The van der Waals surface area contributed by atoms with Gasteiger partial charge in [0, 0.05) is 30.4 Å². The number of nitrogens with zero attached hydrogens (tertiary/aromatic N) is 3. The molecule has 0 bridgehead atoms. The monoisotopic (exact) mass is 197 g/mol. The zero-order valence-electron chi connectivity index (χ0n) is 8.16. The molecule has 0 aromatic carbocycles. The first-order valence-corrected chi connectivity index (χ1v) is 5.94. The quantitative estimate of drug-likeness (QED) is 0.686. The van der Waals surface area contributed by atoms with Crippen LogP contribution in [0.25, 0.3) is 0 Å². The Kier molecular flexibility index (Phi) is 2.58. The fourth-order valence-corrected chi connectivity index (χ4v) is 2.47. The van der Waals surface area contributed by atoms with E-state index < -0.39 is 0 Å². The molecule has 2 heterocycles. The van der Waals surface area contributed by atoms with Gasteiger partial charge in [-0.25, -0.2) is 0 Å².